The lowest BCUT2D eigenvalue weighted by Gasteiger charge is -2.43. The van der Waals surface area contributed by atoms with Gasteiger partial charge in [0.05, 0.1) is 24.2 Å². The van der Waals surface area contributed by atoms with Crippen LogP contribution in [0, 0.1) is 22.6 Å². The Balaban J connectivity index is 2.57. The molecule has 2 rings (SSSR count). The lowest BCUT2D eigenvalue weighted by Crippen LogP contribution is -2.47. The fourth-order valence-electron chi connectivity index (χ4n) is 2.81. The molecule has 1 fully saturated rings. The molecule has 0 aromatic heterocycles. The minimum absolute atomic E-state index is 0.0333. The van der Waals surface area contributed by atoms with Crippen molar-refractivity contribution in [1.82, 2.24) is 0 Å². The first kappa shape index (κ1) is 14.8. The Morgan fingerprint density at radius 3 is 2.65 bits per heavy atom. The Kier molecular flexibility index (Phi) is 3.98. The quantitative estimate of drug-likeness (QED) is 0.922. The summed E-state index contributed by atoms with van der Waals surface area (Å²) in [6.07, 6.45) is 0.710. The highest BCUT2D eigenvalue weighted by Gasteiger charge is 2.52. The van der Waals surface area contributed by atoms with Crippen LogP contribution in [0.5, 0.6) is 5.75 Å². The SMILES string of the molecule is COc1cccc(F)c1C(C)(O)C1(C#N)CCOCC1. The summed E-state index contributed by atoms with van der Waals surface area (Å²) in [5.74, 6) is -0.327. The lowest BCUT2D eigenvalue weighted by atomic mass is 9.65. The van der Waals surface area contributed by atoms with E-state index in [1.54, 1.807) is 6.07 Å². The molecule has 1 unspecified atom stereocenters. The van der Waals surface area contributed by atoms with Gasteiger partial charge in [-0.3, -0.25) is 0 Å². The highest BCUT2D eigenvalue weighted by Crippen LogP contribution is 2.49. The van der Waals surface area contributed by atoms with Crippen LogP contribution >= 0.6 is 0 Å². The van der Waals surface area contributed by atoms with Crippen LogP contribution in [0.2, 0.25) is 0 Å². The zero-order valence-electron chi connectivity index (χ0n) is 11.6. The number of benzene rings is 1. The first-order chi connectivity index (χ1) is 9.48. The molecule has 0 bridgehead atoms. The van der Waals surface area contributed by atoms with Crippen LogP contribution in [0.1, 0.15) is 25.3 Å². The fraction of sp³-hybridized carbons (Fsp3) is 0.533. The van der Waals surface area contributed by atoms with E-state index >= 15 is 0 Å². The van der Waals surface area contributed by atoms with Crippen molar-refractivity contribution >= 4 is 0 Å². The van der Waals surface area contributed by atoms with E-state index in [-0.39, 0.29) is 11.3 Å². The molecule has 108 valence electrons. The molecule has 0 aliphatic carbocycles. The average Bonchev–Trinajstić information content (AvgIpc) is 2.47. The van der Waals surface area contributed by atoms with Crippen molar-refractivity contribution in [1.29, 1.82) is 5.26 Å². The molecular formula is C15H18FNO3. The first-order valence-electron chi connectivity index (χ1n) is 6.53. The summed E-state index contributed by atoms with van der Waals surface area (Å²) in [6, 6.07) is 6.53. The van der Waals surface area contributed by atoms with Crippen molar-refractivity contribution in [2.75, 3.05) is 20.3 Å². The molecule has 1 aromatic rings. The Morgan fingerprint density at radius 2 is 2.10 bits per heavy atom. The maximum absolute atomic E-state index is 14.2. The molecule has 0 saturated carbocycles. The topological polar surface area (TPSA) is 62.5 Å². The third-order valence-corrected chi connectivity index (χ3v) is 4.17. The Labute approximate surface area is 117 Å². The number of hydrogen-bond acceptors (Lipinski definition) is 4. The first-order valence-corrected chi connectivity index (χ1v) is 6.53. The molecule has 0 spiro atoms. The Hall–Kier alpha value is -1.64. The van der Waals surface area contributed by atoms with Crippen LogP contribution in [0.4, 0.5) is 4.39 Å². The van der Waals surface area contributed by atoms with Gasteiger partial charge in [-0.25, -0.2) is 4.39 Å². The van der Waals surface area contributed by atoms with Gasteiger partial charge < -0.3 is 14.6 Å². The van der Waals surface area contributed by atoms with E-state index in [9.17, 15) is 14.8 Å². The average molecular weight is 279 g/mol. The third-order valence-electron chi connectivity index (χ3n) is 4.17. The predicted molar refractivity (Wildman–Crippen MR) is 70.6 cm³/mol. The van der Waals surface area contributed by atoms with Crippen molar-refractivity contribution in [3.63, 3.8) is 0 Å². The van der Waals surface area contributed by atoms with E-state index in [4.69, 9.17) is 9.47 Å². The molecule has 1 aliphatic heterocycles. The van der Waals surface area contributed by atoms with Crippen molar-refractivity contribution in [3.05, 3.63) is 29.6 Å². The molecular weight excluding hydrogens is 261 g/mol. The molecule has 1 atom stereocenters. The summed E-state index contributed by atoms with van der Waals surface area (Å²) in [7, 11) is 1.41. The number of nitrogens with zero attached hydrogens (tertiary/aromatic N) is 1. The summed E-state index contributed by atoms with van der Waals surface area (Å²) in [5, 5.41) is 20.5. The van der Waals surface area contributed by atoms with Crippen LogP contribution in [-0.4, -0.2) is 25.4 Å². The van der Waals surface area contributed by atoms with Crippen molar-refractivity contribution in [2.45, 2.75) is 25.4 Å². The molecule has 5 heteroatoms. The smallest absolute Gasteiger partial charge is 0.133 e. The van der Waals surface area contributed by atoms with Crippen LogP contribution in [0.15, 0.2) is 18.2 Å². The van der Waals surface area contributed by atoms with E-state index in [2.05, 4.69) is 6.07 Å². The number of ether oxygens (including phenoxy) is 2. The summed E-state index contributed by atoms with van der Waals surface area (Å²) in [4.78, 5) is 0. The molecule has 1 heterocycles. The molecule has 0 radical (unpaired) electrons. The van der Waals surface area contributed by atoms with E-state index in [0.29, 0.717) is 26.1 Å². The predicted octanol–water partition coefficient (Wildman–Crippen LogP) is 2.36. The summed E-state index contributed by atoms with van der Waals surface area (Å²) in [6.45, 7) is 2.23. The van der Waals surface area contributed by atoms with Gasteiger partial charge in [-0.2, -0.15) is 5.26 Å². The van der Waals surface area contributed by atoms with Crippen LogP contribution < -0.4 is 4.74 Å². The molecule has 20 heavy (non-hydrogen) atoms. The van der Waals surface area contributed by atoms with Crippen molar-refractivity contribution < 1.29 is 19.0 Å². The highest BCUT2D eigenvalue weighted by molar-refractivity contribution is 5.41. The van der Waals surface area contributed by atoms with Gasteiger partial charge in [0.25, 0.3) is 0 Å². The van der Waals surface area contributed by atoms with E-state index in [1.165, 1.54) is 26.2 Å². The molecule has 4 nitrogen and oxygen atoms in total. The molecule has 1 aromatic carbocycles. The van der Waals surface area contributed by atoms with Gasteiger partial charge in [-0.1, -0.05) is 6.07 Å². The van der Waals surface area contributed by atoms with Gasteiger partial charge in [0.15, 0.2) is 0 Å². The fourth-order valence-corrected chi connectivity index (χ4v) is 2.81. The van der Waals surface area contributed by atoms with Crippen LogP contribution in [0.3, 0.4) is 0 Å². The number of aliphatic hydroxyl groups is 1. The van der Waals surface area contributed by atoms with Gasteiger partial charge in [-0.05, 0) is 31.9 Å². The van der Waals surface area contributed by atoms with Crippen LogP contribution in [-0.2, 0) is 10.3 Å². The Bertz CT molecular complexity index is 530. The largest absolute Gasteiger partial charge is 0.496 e. The number of halogens is 1. The summed E-state index contributed by atoms with van der Waals surface area (Å²) >= 11 is 0. The van der Waals surface area contributed by atoms with Gasteiger partial charge in [0.1, 0.15) is 17.2 Å². The van der Waals surface area contributed by atoms with Crippen molar-refractivity contribution in [2.24, 2.45) is 5.41 Å². The van der Waals surface area contributed by atoms with Gasteiger partial charge in [0.2, 0.25) is 0 Å². The van der Waals surface area contributed by atoms with Gasteiger partial charge >= 0.3 is 0 Å². The Morgan fingerprint density at radius 1 is 1.45 bits per heavy atom. The van der Waals surface area contributed by atoms with Crippen LogP contribution in [0.25, 0.3) is 0 Å². The summed E-state index contributed by atoms with van der Waals surface area (Å²) < 4.78 is 24.6. The van der Waals surface area contributed by atoms with Gasteiger partial charge in [0, 0.05) is 13.2 Å². The normalized spacial score (nSPS) is 20.8. The second-order valence-corrected chi connectivity index (χ2v) is 5.20. The van der Waals surface area contributed by atoms with E-state index < -0.39 is 16.8 Å². The number of hydrogen-bond donors (Lipinski definition) is 1. The maximum atomic E-state index is 14.2. The lowest BCUT2D eigenvalue weighted by molar-refractivity contribution is -0.100. The molecule has 1 N–H and O–H groups in total. The second-order valence-electron chi connectivity index (χ2n) is 5.20. The van der Waals surface area contributed by atoms with Crippen molar-refractivity contribution in [3.8, 4) is 11.8 Å². The van der Waals surface area contributed by atoms with E-state index in [1.807, 2.05) is 0 Å². The minimum atomic E-state index is -1.65. The molecule has 1 aliphatic rings. The van der Waals surface area contributed by atoms with E-state index in [0.717, 1.165) is 0 Å². The third kappa shape index (κ3) is 2.15. The maximum Gasteiger partial charge on any atom is 0.133 e. The van der Waals surface area contributed by atoms with Gasteiger partial charge in [-0.15, -0.1) is 0 Å². The number of nitriles is 1. The zero-order valence-corrected chi connectivity index (χ0v) is 11.6. The minimum Gasteiger partial charge on any atom is -0.496 e. The molecule has 0 amide bonds. The second kappa shape index (κ2) is 5.39. The number of rotatable bonds is 3. The monoisotopic (exact) mass is 279 g/mol. The molecule has 1 saturated heterocycles. The highest BCUT2D eigenvalue weighted by atomic mass is 19.1. The summed E-state index contributed by atoms with van der Waals surface area (Å²) in [5.41, 5.74) is -2.70. The standard InChI is InChI=1S/C15H18FNO3/c1-14(18,15(10-17)6-8-20-9-7-15)13-11(16)4-3-5-12(13)19-2/h3-5,18H,6-9H2,1-2H3. The number of methoxy groups -OCH3 is 1. The zero-order chi connectivity index (χ0) is 14.8.